The summed E-state index contributed by atoms with van der Waals surface area (Å²) in [5.41, 5.74) is -0.401. The van der Waals surface area contributed by atoms with Gasteiger partial charge in [-0.2, -0.15) is 13.2 Å². The Morgan fingerprint density at radius 2 is 1.82 bits per heavy atom. The molecule has 3 unspecified atom stereocenters. The first-order valence-electron chi connectivity index (χ1n) is 14.6. The van der Waals surface area contributed by atoms with Crippen LogP contribution in [-0.4, -0.2) is 52.1 Å². The highest BCUT2D eigenvalue weighted by atomic mass is 32.1. The number of thiazole rings is 1. The number of phosphoric ester groups is 1. The molecular formula is C31H27F4N4O8PS. The van der Waals surface area contributed by atoms with Crippen molar-refractivity contribution in [2.45, 2.75) is 32.0 Å². The summed E-state index contributed by atoms with van der Waals surface area (Å²) < 4.78 is 75.7. The van der Waals surface area contributed by atoms with Crippen LogP contribution in [0.4, 0.5) is 28.9 Å². The molecule has 4 aromatic rings. The zero-order chi connectivity index (χ0) is 35.2. The molecule has 0 spiro atoms. The third-order valence-electron chi connectivity index (χ3n) is 8.11. The van der Waals surface area contributed by atoms with Crippen molar-refractivity contribution in [3.05, 3.63) is 81.6 Å². The van der Waals surface area contributed by atoms with Crippen LogP contribution in [-0.2, 0) is 20.1 Å². The molecular weight excluding hydrogens is 695 g/mol. The van der Waals surface area contributed by atoms with Crippen molar-refractivity contribution in [3.63, 3.8) is 0 Å². The molecule has 0 saturated heterocycles. The van der Waals surface area contributed by atoms with Crippen molar-refractivity contribution < 1.29 is 55.6 Å². The predicted molar refractivity (Wildman–Crippen MR) is 170 cm³/mol. The van der Waals surface area contributed by atoms with Crippen LogP contribution in [0.3, 0.4) is 0 Å². The van der Waals surface area contributed by atoms with Gasteiger partial charge in [0, 0.05) is 17.2 Å². The molecule has 258 valence electrons. The van der Waals surface area contributed by atoms with E-state index in [0.717, 1.165) is 6.07 Å². The second kappa shape index (κ2) is 13.1. The number of anilines is 2. The molecule has 3 atom stereocenters. The molecule has 1 aromatic heterocycles. The number of halogens is 4. The highest BCUT2D eigenvalue weighted by Gasteiger charge is 2.44. The van der Waals surface area contributed by atoms with E-state index < -0.39 is 37.2 Å². The van der Waals surface area contributed by atoms with E-state index >= 15 is 0 Å². The van der Waals surface area contributed by atoms with Crippen LogP contribution in [0.25, 0.3) is 10.2 Å². The molecule has 0 radical (unpaired) electrons. The summed E-state index contributed by atoms with van der Waals surface area (Å²) in [7, 11) is -3.28. The van der Waals surface area contributed by atoms with Crippen LogP contribution in [0.15, 0.2) is 53.7 Å². The number of fused-ring (bicyclic) bond motifs is 2. The third kappa shape index (κ3) is 7.45. The average molecular weight is 723 g/mol. The van der Waals surface area contributed by atoms with E-state index in [9.17, 15) is 31.7 Å². The normalized spacial score (nSPS) is 18.9. The predicted octanol–water partition coefficient (Wildman–Crippen LogP) is 6.51. The van der Waals surface area contributed by atoms with Crippen molar-refractivity contribution in [3.8, 4) is 5.75 Å². The van der Waals surface area contributed by atoms with Gasteiger partial charge in [0.15, 0.2) is 0 Å². The zero-order valence-corrected chi connectivity index (χ0v) is 27.3. The smallest absolute Gasteiger partial charge is 0.469 e. The SMILES string of the molecule is COc1ccc(C2=NOC3CC(COP(=O)(O)O)CC23)cc1C(=O)Nc1cc2nc(C)sc2cc1C(=O)Nc1ccc(F)c(C(F)(F)F)c1. The standard InChI is InChI=1S/C31H27F4N4O8PS/c1-14-36-24-12-23(18(11-27(24)49-14)29(40)37-17-4-5-22(32)21(10-17)31(33,34)35)38-30(41)20-9-16(3-6-25(20)45-2)28-19-7-15(8-26(19)47-39-28)13-46-48(42,43)44/h3-6,9-12,15,19,26H,7-8,13H2,1-2H3,(H,37,40)(H,38,41)(H2,42,43,44). The number of rotatable bonds is 9. The number of carbonyl (C=O) groups excluding carboxylic acids is 2. The molecule has 49 heavy (non-hydrogen) atoms. The van der Waals surface area contributed by atoms with E-state index in [-0.39, 0.29) is 52.8 Å². The summed E-state index contributed by atoms with van der Waals surface area (Å²) in [6.45, 7) is 1.58. The number of aryl methyl sites for hydroxylation is 1. The molecule has 0 bridgehead atoms. The number of nitrogens with zero attached hydrogens (tertiary/aromatic N) is 2. The Kier molecular flexibility index (Phi) is 9.23. The van der Waals surface area contributed by atoms with E-state index in [1.54, 1.807) is 19.1 Å². The minimum absolute atomic E-state index is 0.00351. The lowest BCUT2D eigenvalue weighted by molar-refractivity contribution is -0.139. The van der Waals surface area contributed by atoms with Gasteiger partial charge in [0.2, 0.25) is 0 Å². The fourth-order valence-electron chi connectivity index (χ4n) is 5.94. The topological polar surface area (TPSA) is 169 Å². The Hall–Kier alpha value is -4.41. The molecule has 18 heteroatoms. The number of hydrogen-bond donors (Lipinski definition) is 4. The van der Waals surface area contributed by atoms with Crippen molar-refractivity contribution >= 4 is 58.3 Å². The zero-order valence-electron chi connectivity index (χ0n) is 25.6. The fraction of sp³-hybridized carbons (Fsp3) is 0.290. The molecule has 3 aromatic carbocycles. The number of ether oxygens (including phenoxy) is 1. The minimum atomic E-state index is -4.99. The Morgan fingerprint density at radius 3 is 2.53 bits per heavy atom. The lowest BCUT2D eigenvalue weighted by atomic mass is 9.92. The maximum absolute atomic E-state index is 13.9. The molecule has 6 rings (SSSR count). The van der Waals surface area contributed by atoms with E-state index in [2.05, 4.69) is 25.3 Å². The van der Waals surface area contributed by atoms with Gasteiger partial charge in [-0.05, 0) is 74.2 Å². The summed E-state index contributed by atoms with van der Waals surface area (Å²) >= 11 is 1.26. The van der Waals surface area contributed by atoms with Gasteiger partial charge in [0.1, 0.15) is 17.7 Å². The van der Waals surface area contributed by atoms with Gasteiger partial charge in [-0.1, -0.05) is 5.16 Å². The van der Waals surface area contributed by atoms with Gasteiger partial charge in [-0.25, -0.2) is 13.9 Å². The van der Waals surface area contributed by atoms with Gasteiger partial charge < -0.3 is 30.0 Å². The molecule has 1 saturated carbocycles. The maximum atomic E-state index is 13.9. The highest BCUT2D eigenvalue weighted by molar-refractivity contribution is 7.46. The number of phosphoric acid groups is 1. The molecule has 2 amide bonds. The summed E-state index contributed by atoms with van der Waals surface area (Å²) in [5.74, 6) is -3.31. The molecule has 1 aliphatic heterocycles. The monoisotopic (exact) mass is 722 g/mol. The first-order chi connectivity index (χ1) is 23.1. The highest BCUT2D eigenvalue weighted by Crippen LogP contribution is 2.44. The van der Waals surface area contributed by atoms with Gasteiger partial charge >= 0.3 is 14.0 Å². The van der Waals surface area contributed by atoms with Gasteiger partial charge in [0.05, 0.1) is 57.0 Å². The number of methoxy groups -OCH3 is 1. The lowest BCUT2D eigenvalue weighted by Gasteiger charge is -2.16. The van der Waals surface area contributed by atoms with Gasteiger partial charge in [-0.15, -0.1) is 11.3 Å². The number of benzene rings is 3. The van der Waals surface area contributed by atoms with Crippen LogP contribution < -0.4 is 15.4 Å². The fourth-order valence-corrected chi connectivity index (χ4v) is 7.19. The number of nitrogens with one attached hydrogen (secondary N) is 2. The summed E-state index contributed by atoms with van der Waals surface area (Å²) in [5, 5.41) is 9.92. The summed E-state index contributed by atoms with van der Waals surface area (Å²) in [6, 6.07) is 9.74. The van der Waals surface area contributed by atoms with Crippen LogP contribution >= 0.6 is 19.2 Å². The second-order valence-corrected chi connectivity index (χ2v) is 13.9. The Morgan fingerprint density at radius 1 is 1.06 bits per heavy atom. The summed E-state index contributed by atoms with van der Waals surface area (Å²) in [4.78, 5) is 55.4. The molecule has 1 aliphatic carbocycles. The lowest BCUT2D eigenvalue weighted by Crippen LogP contribution is -2.21. The molecule has 1 fully saturated rings. The van der Waals surface area contributed by atoms with E-state index in [4.69, 9.17) is 19.4 Å². The number of carbonyl (C=O) groups is 2. The Balaban J connectivity index is 1.28. The van der Waals surface area contributed by atoms with Crippen LogP contribution in [0.2, 0.25) is 0 Å². The van der Waals surface area contributed by atoms with Crippen LogP contribution in [0.5, 0.6) is 5.75 Å². The first-order valence-corrected chi connectivity index (χ1v) is 17.0. The quantitative estimate of drug-likeness (QED) is 0.111. The molecule has 4 N–H and O–H groups in total. The van der Waals surface area contributed by atoms with Crippen molar-refractivity contribution in [1.82, 2.24) is 4.98 Å². The van der Waals surface area contributed by atoms with Crippen LogP contribution in [0.1, 0.15) is 49.7 Å². The minimum Gasteiger partial charge on any atom is -0.496 e. The summed E-state index contributed by atoms with van der Waals surface area (Å²) in [6.07, 6.45) is -4.41. The number of oxime groups is 1. The van der Waals surface area contributed by atoms with Crippen LogP contribution in [0, 0.1) is 24.6 Å². The maximum Gasteiger partial charge on any atom is 0.469 e. The van der Waals surface area contributed by atoms with E-state index in [1.165, 1.54) is 36.6 Å². The van der Waals surface area contributed by atoms with E-state index in [1.807, 2.05) is 0 Å². The van der Waals surface area contributed by atoms with E-state index in [0.29, 0.717) is 51.5 Å². The number of amides is 2. The second-order valence-electron chi connectivity index (χ2n) is 11.5. The van der Waals surface area contributed by atoms with Gasteiger partial charge in [-0.3, -0.25) is 14.1 Å². The number of hydrogen-bond acceptors (Lipinski definition) is 9. The first kappa shape index (κ1) is 34.5. The van der Waals surface area contributed by atoms with Crippen molar-refractivity contribution in [2.24, 2.45) is 17.0 Å². The number of alkyl halides is 3. The Labute approximate surface area is 279 Å². The van der Waals surface area contributed by atoms with Crippen molar-refractivity contribution in [1.29, 1.82) is 0 Å². The molecule has 2 heterocycles. The molecule has 12 nitrogen and oxygen atoms in total. The largest absolute Gasteiger partial charge is 0.496 e. The Bertz CT molecular complexity index is 2050. The number of aromatic nitrogens is 1. The van der Waals surface area contributed by atoms with Gasteiger partial charge in [0.25, 0.3) is 11.8 Å². The average Bonchev–Trinajstić information content (AvgIpc) is 3.72. The van der Waals surface area contributed by atoms with Crippen molar-refractivity contribution in [2.75, 3.05) is 24.4 Å². The third-order valence-corrected chi connectivity index (χ3v) is 9.53. The molecule has 2 aliphatic rings.